The summed E-state index contributed by atoms with van der Waals surface area (Å²) in [7, 11) is -3.81. The summed E-state index contributed by atoms with van der Waals surface area (Å²) < 4.78 is 27.9. The Morgan fingerprint density at radius 2 is 1.67 bits per heavy atom. The van der Waals surface area contributed by atoms with Crippen molar-refractivity contribution in [2.75, 3.05) is 49.1 Å². The van der Waals surface area contributed by atoms with Gasteiger partial charge in [0.15, 0.2) is 0 Å². The van der Waals surface area contributed by atoms with Gasteiger partial charge in [0.2, 0.25) is 10.0 Å². The van der Waals surface area contributed by atoms with Gasteiger partial charge < -0.3 is 9.80 Å². The number of benzene rings is 1. The Morgan fingerprint density at radius 1 is 1.00 bits per heavy atom. The van der Waals surface area contributed by atoms with E-state index in [9.17, 15) is 18.5 Å². The van der Waals surface area contributed by atoms with E-state index in [0.717, 1.165) is 12.8 Å². The first-order valence-electron chi connectivity index (χ1n) is 9.77. The number of non-ortho nitro benzene ring substituents is 1. The Kier molecular flexibility index (Phi) is 5.81. The van der Waals surface area contributed by atoms with Crippen molar-refractivity contribution in [1.29, 1.82) is 0 Å². The van der Waals surface area contributed by atoms with Crippen molar-refractivity contribution in [3.63, 3.8) is 0 Å². The minimum Gasteiger partial charge on any atom is -0.367 e. The summed E-state index contributed by atoms with van der Waals surface area (Å²) in [5.41, 5.74) is 0.273. The van der Waals surface area contributed by atoms with Crippen LogP contribution in [-0.2, 0) is 10.0 Å². The molecule has 2 fully saturated rings. The molecule has 2 aromatic rings. The molecule has 2 aliphatic heterocycles. The Labute approximate surface area is 180 Å². The first kappa shape index (κ1) is 20.8. The molecule has 0 amide bonds. The second kappa shape index (κ2) is 8.37. The molecule has 0 radical (unpaired) electrons. The van der Waals surface area contributed by atoms with E-state index < -0.39 is 14.9 Å². The number of rotatable bonds is 5. The maximum Gasteiger partial charge on any atom is 0.270 e. The van der Waals surface area contributed by atoms with Crippen molar-refractivity contribution >= 4 is 38.8 Å². The largest absolute Gasteiger partial charge is 0.367 e. The molecule has 30 heavy (non-hydrogen) atoms. The summed E-state index contributed by atoms with van der Waals surface area (Å²) in [6.45, 7) is 3.20. The van der Waals surface area contributed by atoms with Gasteiger partial charge in [0.25, 0.3) is 5.69 Å². The SMILES string of the molecule is O=[N+]([O-])c1ccc(N2CCN(c3ncccc3Cl)CC2)c(S(=O)(=O)N2CCCC2)c1. The monoisotopic (exact) mass is 451 g/mol. The molecule has 2 aliphatic rings. The van der Waals surface area contributed by atoms with E-state index >= 15 is 0 Å². The second-order valence-corrected chi connectivity index (χ2v) is 9.62. The predicted octanol–water partition coefficient (Wildman–Crippen LogP) is 2.75. The molecule has 1 aromatic carbocycles. The van der Waals surface area contributed by atoms with Crippen LogP contribution in [-0.4, -0.2) is 61.9 Å². The highest BCUT2D eigenvalue weighted by Crippen LogP contribution is 2.34. The lowest BCUT2D eigenvalue weighted by Crippen LogP contribution is -2.47. The number of nitrogens with zero attached hydrogens (tertiary/aromatic N) is 5. The van der Waals surface area contributed by atoms with Gasteiger partial charge in [0.05, 0.1) is 15.6 Å². The lowest BCUT2D eigenvalue weighted by atomic mass is 10.2. The van der Waals surface area contributed by atoms with Gasteiger partial charge in [-0.25, -0.2) is 13.4 Å². The number of sulfonamides is 1. The molecule has 2 saturated heterocycles. The van der Waals surface area contributed by atoms with Gasteiger partial charge >= 0.3 is 0 Å². The fraction of sp³-hybridized carbons (Fsp3) is 0.421. The van der Waals surface area contributed by atoms with E-state index in [-0.39, 0.29) is 10.6 Å². The number of pyridine rings is 1. The number of nitro groups is 1. The third kappa shape index (κ3) is 3.94. The van der Waals surface area contributed by atoms with Crippen LogP contribution >= 0.6 is 11.6 Å². The van der Waals surface area contributed by atoms with Crippen LogP contribution in [0.1, 0.15) is 12.8 Å². The number of piperazine rings is 1. The van der Waals surface area contributed by atoms with E-state index in [1.807, 2.05) is 4.90 Å². The summed E-state index contributed by atoms with van der Waals surface area (Å²) in [5.74, 6) is 0.701. The van der Waals surface area contributed by atoms with Crippen molar-refractivity contribution < 1.29 is 13.3 Å². The summed E-state index contributed by atoms with van der Waals surface area (Å²) in [6, 6.07) is 7.65. The van der Waals surface area contributed by atoms with E-state index in [2.05, 4.69) is 9.88 Å². The summed E-state index contributed by atoms with van der Waals surface area (Å²) in [5, 5.41) is 11.8. The molecule has 1 aromatic heterocycles. The van der Waals surface area contributed by atoms with Crippen LogP contribution in [0, 0.1) is 10.1 Å². The van der Waals surface area contributed by atoms with Crippen molar-refractivity contribution in [2.45, 2.75) is 17.7 Å². The quantitative estimate of drug-likeness (QED) is 0.509. The van der Waals surface area contributed by atoms with Gasteiger partial charge in [0.1, 0.15) is 10.7 Å². The molecule has 0 atom stereocenters. The highest BCUT2D eigenvalue weighted by atomic mass is 35.5. The molecule has 9 nitrogen and oxygen atoms in total. The number of anilines is 2. The molecule has 0 aliphatic carbocycles. The molecule has 4 rings (SSSR count). The second-order valence-electron chi connectivity index (χ2n) is 7.30. The fourth-order valence-corrected chi connectivity index (χ4v) is 5.91. The lowest BCUT2D eigenvalue weighted by molar-refractivity contribution is -0.385. The number of hydrogen-bond donors (Lipinski definition) is 0. The summed E-state index contributed by atoms with van der Waals surface area (Å²) >= 11 is 6.25. The zero-order chi connectivity index (χ0) is 21.3. The van der Waals surface area contributed by atoms with Gasteiger partial charge in [-0.05, 0) is 31.0 Å². The van der Waals surface area contributed by atoms with Crippen molar-refractivity contribution in [3.05, 3.63) is 51.7 Å². The Hall–Kier alpha value is -2.43. The predicted molar refractivity (Wildman–Crippen MR) is 115 cm³/mol. The molecule has 0 N–H and O–H groups in total. The maximum atomic E-state index is 13.2. The zero-order valence-corrected chi connectivity index (χ0v) is 17.8. The third-order valence-electron chi connectivity index (χ3n) is 5.50. The Bertz CT molecular complexity index is 1050. The minimum atomic E-state index is -3.81. The number of hydrogen-bond acceptors (Lipinski definition) is 7. The van der Waals surface area contributed by atoms with Crippen LogP contribution in [0.25, 0.3) is 0 Å². The number of nitro benzene ring substituents is 1. The smallest absolute Gasteiger partial charge is 0.270 e. The molecule has 0 unspecified atom stereocenters. The fourth-order valence-electron chi connectivity index (χ4n) is 3.92. The van der Waals surface area contributed by atoms with Crippen LogP contribution in [0.5, 0.6) is 0 Å². The van der Waals surface area contributed by atoms with Crippen LogP contribution in [0.4, 0.5) is 17.2 Å². The molecule has 160 valence electrons. The van der Waals surface area contributed by atoms with E-state index in [4.69, 9.17) is 11.6 Å². The Balaban J connectivity index is 1.63. The van der Waals surface area contributed by atoms with Crippen molar-refractivity contribution in [1.82, 2.24) is 9.29 Å². The molecule has 0 spiro atoms. The average Bonchev–Trinajstić information content (AvgIpc) is 3.30. The molecule has 3 heterocycles. The standard InChI is InChI=1S/C19H22ClN5O4S/c20-16-4-3-7-21-19(16)23-12-10-22(11-13-23)17-6-5-15(25(26)27)14-18(17)30(28,29)24-8-1-2-9-24/h3-7,14H,1-2,8-13H2. The molecular weight excluding hydrogens is 430 g/mol. The van der Waals surface area contributed by atoms with Gasteiger partial charge in [-0.15, -0.1) is 0 Å². The van der Waals surface area contributed by atoms with Crippen molar-refractivity contribution in [3.8, 4) is 0 Å². The van der Waals surface area contributed by atoms with E-state index in [1.165, 1.54) is 16.4 Å². The van der Waals surface area contributed by atoms with Crippen LogP contribution in [0.3, 0.4) is 0 Å². The van der Waals surface area contributed by atoms with Gasteiger partial charge in [0, 0.05) is 57.6 Å². The highest BCUT2D eigenvalue weighted by molar-refractivity contribution is 7.89. The van der Waals surface area contributed by atoms with Crippen molar-refractivity contribution in [2.24, 2.45) is 0 Å². The zero-order valence-electron chi connectivity index (χ0n) is 16.3. The van der Waals surface area contributed by atoms with E-state index in [0.29, 0.717) is 55.8 Å². The lowest BCUT2D eigenvalue weighted by Gasteiger charge is -2.37. The Morgan fingerprint density at radius 3 is 2.30 bits per heavy atom. The average molecular weight is 452 g/mol. The minimum absolute atomic E-state index is 0.00270. The van der Waals surface area contributed by atoms with Crippen LogP contribution in [0.15, 0.2) is 41.4 Å². The first-order valence-corrected chi connectivity index (χ1v) is 11.6. The van der Waals surface area contributed by atoms with Crippen LogP contribution < -0.4 is 9.80 Å². The normalized spacial score (nSPS) is 18.0. The topological polar surface area (TPSA) is 99.9 Å². The van der Waals surface area contributed by atoms with Gasteiger partial charge in [-0.2, -0.15) is 4.31 Å². The maximum absolute atomic E-state index is 13.2. The molecule has 0 bridgehead atoms. The summed E-state index contributed by atoms with van der Waals surface area (Å²) in [6.07, 6.45) is 3.28. The van der Waals surface area contributed by atoms with Crippen LogP contribution in [0.2, 0.25) is 5.02 Å². The number of halogens is 1. The molecular formula is C19H22ClN5O4S. The third-order valence-corrected chi connectivity index (χ3v) is 7.72. The highest BCUT2D eigenvalue weighted by Gasteiger charge is 2.33. The summed E-state index contributed by atoms with van der Waals surface area (Å²) in [4.78, 5) is 19.1. The van der Waals surface area contributed by atoms with E-state index in [1.54, 1.807) is 24.4 Å². The van der Waals surface area contributed by atoms with Gasteiger partial charge in [-0.3, -0.25) is 10.1 Å². The number of aromatic nitrogens is 1. The first-order chi connectivity index (χ1) is 14.4. The molecule has 0 saturated carbocycles. The van der Waals surface area contributed by atoms with Gasteiger partial charge in [-0.1, -0.05) is 11.6 Å². The molecule has 11 heteroatoms.